The number of allylic oxidation sites excluding steroid dienone is 1. The number of amides is 1. The van der Waals surface area contributed by atoms with Gasteiger partial charge in [-0.25, -0.2) is 0 Å². The number of ether oxygens (including phenoxy) is 1. The van der Waals surface area contributed by atoms with Crippen LogP contribution >= 0.6 is 11.6 Å². The predicted octanol–water partition coefficient (Wildman–Crippen LogP) is 4.79. The van der Waals surface area contributed by atoms with Gasteiger partial charge >= 0.3 is 0 Å². The van der Waals surface area contributed by atoms with E-state index < -0.39 is 6.04 Å². The highest BCUT2D eigenvalue weighted by atomic mass is 35.5. The molecule has 1 amide bonds. The third-order valence-electron chi connectivity index (χ3n) is 7.59. The van der Waals surface area contributed by atoms with E-state index in [0.29, 0.717) is 23.6 Å². The summed E-state index contributed by atoms with van der Waals surface area (Å²) < 4.78 is 5.42. The van der Waals surface area contributed by atoms with Crippen molar-refractivity contribution < 1.29 is 14.3 Å². The zero-order valence-corrected chi connectivity index (χ0v) is 23.0. The minimum Gasteiger partial charge on any atom is -0.379 e. The minimum absolute atomic E-state index is 0.0773. The highest BCUT2D eigenvalue weighted by Gasteiger charge is 2.42. The van der Waals surface area contributed by atoms with Crippen LogP contribution in [-0.2, 0) is 14.3 Å². The van der Waals surface area contributed by atoms with Crippen molar-refractivity contribution in [1.82, 2.24) is 10.2 Å². The Balaban J connectivity index is 1.45. The quantitative estimate of drug-likeness (QED) is 0.495. The number of carbonyl (C=O) groups is 2. The Hall–Kier alpha value is -2.87. The van der Waals surface area contributed by atoms with E-state index in [4.69, 9.17) is 16.3 Å². The zero-order chi connectivity index (χ0) is 26.7. The number of Topliss-reactive ketones (excluding diaryl/α,β-unsaturated/α-hetero) is 1. The Bertz CT molecular complexity index is 1220. The maximum atomic E-state index is 13.8. The van der Waals surface area contributed by atoms with Gasteiger partial charge in [0.15, 0.2) is 5.78 Å². The molecule has 0 aromatic heterocycles. The summed E-state index contributed by atoms with van der Waals surface area (Å²) in [5, 5.41) is 7.28. The van der Waals surface area contributed by atoms with Gasteiger partial charge in [-0.05, 0) is 48.6 Å². The number of halogens is 1. The van der Waals surface area contributed by atoms with E-state index >= 15 is 0 Å². The smallest absolute Gasteiger partial charge is 0.239 e. The monoisotopic (exact) mass is 536 g/mol. The maximum Gasteiger partial charge on any atom is 0.239 e. The van der Waals surface area contributed by atoms with E-state index in [1.165, 1.54) is 0 Å². The van der Waals surface area contributed by atoms with Crippen molar-refractivity contribution in [3.05, 3.63) is 70.4 Å². The number of hydrogen-bond donors (Lipinski definition) is 2. The number of ketones is 1. The molecule has 3 aliphatic rings. The lowest BCUT2D eigenvalue weighted by molar-refractivity contribution is -0.120. The fraction of sp³-hybridized carbons (Fsp3) is 0.467. The number of para-hydroxylation sites is 2. The molecule has 1 unspecified atom stereocenters. The third-order valence-corrected chi connectivity index (χ3v) is 7.94. The average Bonchev–Trinajstić information content (AvgIpc) is 3.01. The normalized spacial score (nSPS) is 21.3. The van der Waals surface area contributed by atoms with E-state index in [1.54, 1.807) is 0 Å². The molecule has 0 spiro atoms. The van der Waals surface area contributed by atoms with E-state index in [-0.39, 0.29) is 23.7 Å². The molecule has 2 heterocycles. The maximum absolute atomic E-state index is 13.8. The van der Waals surface area contributed by atoms with E-state index in [0.717, 1.165) is 68.3 Å². The second-order valence-electron chi connectivity index (χ2n) is 11.2. The fourth-order valence-electron chi connectivity index (χ4n) is 5.81. The number of nitrogens with one attached hydrogen (secondary N) is 2. The van der Waals surface area contributed by atoms with Crippen LogP contribution in [0.5, 0.6) is 0 Å². The highest BCUT2D eigenvalue weighted by Crippen LogP contribution is 2.49. The van der Waals surface area contributed by atoms with Crippen LogP contribution in [0.3, 0.4) is 0 Å². The predicted molar refractivity (Wildman–Crippen MR) is 152 cm³/mol. The van der Waals surface area contributed by atoms with Crippen LogP contribution in [0.25, 0.3) is 0 Å². The molecule has 7 nitrogen and oxygen atoms in total. The first-order valence-electron chi connectivity index (χ1n) is 13.5. The molecule has 1 saturated heterocycles. The van der Waals surface area contributed by atoms with Gasteiger partial charge < -0.3 is 20.3 Å². The van der Waals surface area contributed by atoms with Crippen molar-refractivity contribution in [2.75, 3.05) is 56.2 Å². The Morgan fingerprint density at radius 2 is 1.84 bits per heavy atom. The van der Waals surface area contributed by atoms with Crippen LogP contribution in [0.4, 0.5) is 11.4 Å². The summed E-state index contributed by atoms with van der Waals surface area (Å²) >= 11 is 6.76. The first-order chi connectivity index (χ1) is 18.3. The first kappa shape index (κ1) is 26.7. The standard InChI is InChI=1S/C30H37ClN4O3/c1-30(2)18-24-28(26(36)19-30)29(21-8-3-4-9-22(21)31)35(25-11-6-5-10-23(25)33-24)20-27(37)32-12-7-13-34-14-16-38-17-15-34/h3-6,8-11,29,33H,7,12-20H2,1-2H3,(H,32,37). The lowest BCUT2D eigenvalue weighted by Gasteiger charge is -2.38. The molecule has 0 bridgehead atoms. The molecule has 1 fully saturated rings. The van der Waals surface area contributed by atoms with Crippen LogP contribution in [0, 0.1) is 5.41 Å². The van der Waals surface area contributed by atoms with Gasteiger partial charge in [-0.2, -0.15) is 0 Å². The van der Waals surface area contributed by atoms with Crippen molar-refractivity contribution in [3.8, 4) is 0 Å². The van der Waals surface area contributed by atoms with E-state index in [9.17, 15) is 9.59 Å². The Kier molecular flexibility index (Phi) is 8.07. The molecular weight excluding hydrogens is 500 g/mol. The Morgan fingerprint density at radius 1 is 1.11 bits per heavy atom. The summed E-state index contributed by atoms with van der Waals surface area (Å²) in [6.07, 6.45) is 2.07. The van der Waals surface area contributed by atoms with Crippen molar-refractivity contribution in [2.24, 2.45) is 5.41 Å². The molecule has 1 atom stereocenters. The van der Waals surface area contributed by atoms with Crippen LogP contribution in [0.1, 0.15) is 44.7 Å². The minimum atomic E-state index is -0.474. The average molecular weight is 537 g/mol. The van der Waals surface area contributed by atoms with E-state index in [1.807, 2.05) is 53.4 Å². The molecule has 2 aromatic carbocycles. The second kappa shape index (κ2) is 11.5. The van der Waals surface area contributed by atoms with Gasteiger partial charge in [0.05, 0.1) is 37.2 Å². The molecule has 0 saturated carbocycles. The van der Waals surface area contributed by atoms with Gasteiger partial charge in [0.25, 0.3) is 0 Å². The largest absolute Gasteiger partial charge is 0.379 e. The lowest BCUT2D eigenvalue weighted by atomic mass is 9.73. The summed E-state index contributed by atoms with van der Waals surface area (Å²) in [4.78, 5) is 31.5. The summed E-state index contributed by atoms with van der Waals surface area (Å²) in [5.41, 5.74) is 4.05. The summed E-state index contributed by atoms with van der Waals surface area (Å²) in [6.45, 7) is 9.31. The molecule has 2 N–H and O–H groups in total. The second-order valence-corrected chi connectivity index (χ2v) is 11.6. The third kappa shape index (κ3) is 5.90. The molecule has 0 radical (unpaired) electrons. The van der Waals surface area contributed by atoms with Crippen LogP contribution in [-0.4, -0.2) is 62.5 Å². The van der Waals surface area contributed by atoms with Crippen molar-refractivity contribution in [2.45, 2.75) is 39.2 Å². The first-order valence-corrected chi connectivity index (χ1v) is 13.9. The molecule has 8 heteroatoms. The van der Waals surface area contributed by atoms with Gasteiger partial charge in [-0.15, -0.1) is 0 Å². The van der Waals surface area contributed by atoms with Crippen LogP contribution in [0.15, 0.2) is 59.8 Å². The molecule has 1 aliphatic carbocycles. The van der Waals surface area contributed by atoms with E-state index in [2.05, 4.69) is 29.4 Å². The number of morpholine rings is 1. The number of hydrogen-bond acceptors (Lipinski definition) is 6. The molecule has 2 aliphatic heterocycles. The Morgan fingerprint density at radius 3 is 2.63 bits per heavy atom. The number of rotatable bonds is 7. The van der Waals surface area contributed by atoms with Crippen LogP contribution in [0.2, 0.25) is 5.02 Å². The zero-order valence-electron chi connectivity index (χ0n) is 22.3. The number of carbonyl (C=O) groups excluding carboxylic acids is 2. The fourth-order valence-corrected chi connectivity index (χ4v) is 6.05. The van der Waals surface area contributed by atoms with Gasteiger partial charge in [0.2, 0.25) is 5.91 Å². The van der Waals surface area contributed by atoms with Gasteiger partial charge in [0, 0.05) is 42.3 Å². The number of nitrogens with zero attached hydrogens (tertiary/aromatic N) is 2. The van der Waals surface area contributed by atoms with Crippen LogP contribution < -0.4 is 15.5 Å². The summed E-state index contributed by atoms with van der Waals surface area (Å²) in [6, 6.07) is 15.1. The lowest BCUT2D eigenvalue weighted by Crippen LogP contribution is -2.43. The summed E-state index contributed by atoms with van der Waals surface area (Å²) in [5.74, 6) is 0.0175. The topological polar surface area (TPSA) is 73.9 Å². The van der Waals surface area contributed by atoms with Crippen molar-refractivity contribution in [3.63, 3.8) is 0 Å². The van der Waals surface area contributed by atoms with Gasteiger partial charge in [-0.1, -0.05) is 55.8 Å². The number of benzene rings is 2. The molecule has 5 rings (SSSR count). The SMILES string of the molecule is CC1(C)CC(=O)C2=C(C1)Nc1ccccc1N(CC(=O)NCCCN1CCOCC1)C2c1ccccc1Cl. The van der Waals surface area contributed by atoms with Crippen molar-refractivity contribution in [1.29, 1.82) is 0 Å². The molecular formula is C30H37ClN4O3. The number of fused-ring (bicyclic) bond motifs is 1. The molecule has 202 valence electrons. The Labute approximate surface area is 230 Å². The van der Waals surface area contributed by atoms with Gasteiger partial charge in [0.1, 0.15) is 0 Å². The van der Waals surface area contributed by atoms with Gasteiger partial charge in [-0.3, -0.25) is 14.5 Å². The molecule has 38 heavy (non-hydrogen) atoms. The van der Waals surface area contributed by atoms with Crippen molar-refractivity contribution >= 4 is 34.7 Å². The number of anilines is 2. The highest BCUT2D eigenvalue weighted by molar-refractivity contribution is 6.31. The molecule has 2 aromatic rings. The summed E-state index contributed by atoms with van der Waals surface area (Å²) in [7, 11) is 0.